The van der Waals surface area contributed by atoms with Gasteiger partial charge in [0.25, 0.3) is 5.91 Å². The summed E-state index contributed by atoms with van der Waals surface area (Å²) in [6, 6.07) is 17.2. The standard InChI is InChI=1S/C21H20ClN3O2/c1-27-17-8-6-15(7-9-17)21(26)25-12-10-24(11-13-25)19-14-16-4-2-3-5-18(16)20(22)23-19/h2-9,14H,10-13H2,1H3. The Balaban J connectivity index is 1.46. The molecule has 0 atom stereocenters. The number of hydrogen-bond acceptors (Lipinski definition) is 4. The summed E-state index contributed by atoms with van der Waals surface area (Å²) < 4.78 is 5.15. The summed E-state index contributed by atoms with van der Waals surface area (Å²) in [5.74, 6) is 1.65. The molecule has 1 aromatic heterocycles. The average molecular weight is 382 g/mol. The molecule has 6 heteroatoms. The predicted octanol–water partition coefficient (Wildman–Crippen LogP) is 3.86. The van der Waals surface area contributed by atoms with E-state index in [0.29, 0.717) is 23.8 Å². The number of fused-ring (bicyclic) bond motifs is 1. The van der Waals surface area contributed by atoms with E-state index in [1.165, 1.54) is 0 Å². The molecule has 0 bridgehead atoms. The predicted molar refractivity (Wildman–Crippen MR) is 108 cm³/mol. The molecule has 2 aromatic carbocycles. The highest BCUT2D eigenvalue weighted by Crippen LogP contribution is 2.27. The van der Waals surface area contributed by atoms with Crippen molar-refractivity contribution < 1.29 is 9.53 Å². The molecule has 0 spiro atoms. The summed E-state index contributed by atoms with van der Waals surface area (Å²) >= 11 is 6.35. The molecule has 1 amide bonds. The van der Waals surface area contributed by atoms with Gasteiger partial charge in [0.05, 0.1) is 7.11 Å². The van der Waals surface area contributed by atoms with Crippen molar-refractivity contribution in [1.29, 1.82) is 0 Å². The van der Waals surface area contributed by atoms with Gasteiger partial charge in [-0.1, -0.05) is 35.9 Å². The molecule has 0 unspecified atom stereocenters. The molecule has 27 heavy (non-hydrogen) atoms. The fourth-order valence-corrected chi connectivity index (χ4v) is 3.62. The fourth-order valence-electron chi connectivity index (χ4n) is 3.36. The molecule has 138 valence electrons. The van der Waals surface area contributed by atoms with Crippen molar-refractivity contribution in [2.24, 2.45) is 0 Å². The van der Waals surface area contributed by atoms with Gasteiger partial charge in [-0.3, -0.25) is 4.79 Å². The van der Waals surface area contributed by atoms with E-state index < -0.39 is 0 Å². The number of benzene rings is 2. The van der Waals surface area contributed by atoms with Crippen molar-refractivity contribution in [1.82, 2.24) is 9.88 Å². The first kappa shape index (κ1) is 17.6. The van der Waals surface area contributed by atoms with Crippen molar-refractivity contribution in [3.05, 3.63) is 65.3 Å². The lowest BCUT2D eigenvalue weighted by molar-refractivity contribution is 0.0746. The smallest absolute Gasteiger partial charge is 0.253 e. The van der Waals surface area contributed by atoms with Gasteiger partial charge < -0.3 is 14.5 Å². The molecule has 5 nitrogen and oxygen atoms in total. The summed E-state index contributed by atoms with van der Waals surface area (Å²) in [6.07, 6.45) is 0. The number of ether oxygens (including phenoxy) is 1. The van der Waals surface area contributed by atoms with Gasteiger partial charge in [0, 0.05) is 37.1 Å². The number of carbonyl (C=O) groups excluding carboxylic acids is 1. The van der Waals surface area contributed by atoms with Crippen LogP contribution in [0.25, 0.3) is 10.8 Å². The number of methoxy groups -OCH3 is 1. The van der Waals surface area contributed by atoms with Gasteiger partial charge in [0.15, 0.2) is 0 Å². The third kappa shape index (κ3) is 3.55. The van der Waals surface area contributed by atoms with Crippen LogP contribution >= 0.6 is 11.6 Å². The second-order valence-corrected chi connectivity index (χ2v) is 6.86. The zero-order chi connectivity index (χ0) is 18.8. The van der Waals surface area contributed by atoms with Crippen LogP contribution in [-0.4, -0.2) is 49.1 Å². The molecule has 1 aliphatic rings. The zero-order valence-electron chi connectivity index (χ0n) is 15.1. The largest absolute Gasteiger partial charge is 0.497 e. The van der Waals surface area contributed by atoms with Crippen LogP contribution in [0.2, 0.25) is 5.15 Å². The Bertz CT molecular complexity index is 967. The maximum absolute atomic E-state index is 12.7. The number of nitrogens with zero attached hydrogens (tertiary/aromatic N) is 3. The first-order valence-corrected chi connectivity index (χ1v) is 9.27. The summed E-state index contributed by atoms with van der Waals surface area (Å²) in [6.45, 7) is 2.75. The molecular formula is C21H20ClN3O2. The Labute approximate surface area is 163 Å². The molecular weight excluding hydrogens is 362 g/mol. The number of piperazine rings is 1. The van der Waals surface area contributed by atoms with Crippen LogP contribution in [0, 0.1) is 0 Å². The monoisotopic (exact) mass is 381 g/mol. The number of aromatic nitrogens is 1. The molecule has 1 saturated heterocycles. The van der Waals surface area contributed by atoms with E-state index in [1.54, 1.807) is 19.2 Å². The number of carbonyl (C=O) groups is 1. The third-order valence-electron chi connectivity index (χ3n) is 4.91. The molecule has 1 aliphatic heterocycles. The lowest BCUT2D eigenvalue weighted by Crippen LogP contribution is -2.49. The lowest BCUT2D eigenvalue weighted by Gasteiger charge is -2.35. The van der Waals surface area contributed by atoms with Crippen molar-refractivity contribution in [2.45, 2.75) is 0 Å². The minimum absolute atomic E-state index is 0.0433. The second kappa shape index (κ2) is 7.45. The Morgan fingerprint density at radius 1 is 1.04 bits per heavy atom. The first-order valence-electron chi connectivity index (χ1n) is 8.89. The van der Waals surface area contributed by atoms with Crippen LogP contribution in [0.4, 0.5) is 5.82 Å². The van der Waals surface area contributed by atoms with Gasteiger partial charge in [0.1, 0.15) is 16.7 Å². The maximum Gasteiger partial charge on any atom is 0.253 e. The van der Waals surface area contributed by atoms with Gasteiger partial charge in [-0.25, -0.2) is 4.98 Å². The summed E-state index contributed by atoms with van der Waals surface area (Å²) in [5.41, 5.74) is 0.677. The highest BCUT2D eigenvalue weighted by atomic mass is 35.5. The second-order valence-electron chi connectivity index (χ2n) is 6.50. The number of pyridine rings is 1. The first-order chi connectivity index (χ1) is 13.2. The minimum atomic E-state index is 0.0433. The van der Waals surface area contributed by atoms with Gasteiger partial charge in [-0.15, -0.1) is 0 Å². The summed E-state index contributed by atoms with van der Waals surface area (Å²) in [7, 11) is 1.61. The Kier molecular flexibility index (Phi) is 4.86. The normalized spacial score (nSPS) is 14.4. The molecule has 0 aliphatic carbocycles. The van der Waals surface area contributed by atoms with Crippen LogP contribution in [0.5, 0.6) is 5.75 Å². The van der Waals surface area contributed by atoms with Crippen LogP contribution in [-0.2, 0) is 0 Å². The molecule has 1 fully saturated rings. The van der Waals surface area contributed by atoms with E-state index in [1.807, 2.05) is 41.3 Å². The average Bonchev–Trinajstić information content (AvgIpc) is 2.73. The van der Waals surface area contributed by atoms with E-state index in [2.05, 4.69) is 16.0 Å². The van der Waals surface area contributed by atoms with Gasteiger partial charge >= 0.3 is 0 Å². The van der Waals surface area contributed by atoms with Crippen LogP contribution < -0.4 is 9.64 Å². The molecule has 4 rings (SSSR count). The van der Waals surface area contributed by atoms with E-state index in [-0.39, 0.29) is 5.91 Å². The minimum Gasteiger partial charge on any atom is -0.497 e. The summed E-state index contributed by atoms with van der Waals surface area (Å²) in [4.78, 5) is 21.3. The maximum atomic E-state index is 12.7. The zero-order valence-corrected chi connectivity index (χ0v) is 15.8. The van der Waals surface area contributed by atoms with Gasteiger partial charge in [-0.05, 0) is 35.7 Å². The van der Waals surface area contributed by atoms with Crippen molar-refractivity contribution in [2.75, 3.05) is 38.2 Å². The summed E-state index contributed by atoms with van der Waals surface area (Å²) in [5, 5.41) is 2.54. The molecule has 2 heterocycles. The molecule has 0 N–H and O–H groups in total. The number of hydrogen-bond donors (Lipinski definition) is 0. The van der Waals surface area contributed by atoms with Crippen LogP contribution in [0.15, 0.2) is 54.6 Å². The highest BCUT2D eigenvalue weighted by Gasteiger charge is 2.23. The van der Waals surface area contributed by atoms with Crippen LogP contribution in [0.3, 0.4) is 0 Å². The third-order valence-corrected chi connectivity index (χ3v) is 5.20. The van der Waals surface area contributed by atoms with E-state index in [4.69, 9.17) is 16.3 Å². The Hall–Kier alpha value is -2.79. The van der Waals surface area contributed by atoms with Crippen molar-refractivity contribution >= 4 is 34.1 Å². The molecule has 0 radical (unpaired) electrons. The number of rotatable bonds is 3. The van der Waals surface area contributed by atoms with Crippen LogP contribution in [0.1, 0.15) is 10.4 Å². The van der Waals surface area contributed by atoms with Gasteiger partial charge in [-0.2, -0.15) is 0 Å². The number of anilines is 1. The molecule has 0 saturated carbocycles. The van der Waals surface area contributed by atoms with Crippen molar-refractivity contribution in [3.63, 3.8) is 0 Å². The van der Waals surface area contributed by atoms with E-state index in [0.717, 1.165) is 35.4 Å². The van der Waals surface area contributed by atoms with Crippen molar-refractivity contribution in [3.8, 4) is 5.75 Å². The number of amides is 1. The van der Waals surface area contributed by atoms with E-state index >= 15 is 0 Å². The van der Waals surface area contributed by atoms with E-state index in [9.17, 15) is 4.79 Å². The Morgan fingerprint density at radius 3 is 2.44 bits per heavy atom. The lowest BCUT2D eigenvalue weighted by atomic mass is 10.1. The fraction of sp³-hybridized carbons (Fsp3) is 0.238. The Morgan fingerprint density at radius 2 is 1.74 bits per heavy atom. The topological polar surface area (TPSA) is 45.7 Å². The molecule has 3 aromatic rings. The highest BCUT2D eigenvalue weighted by molar-refractivity contribution is 6.34. The SMILES string of the molecule is COc1ccc(C(=O)N2CCN(c3cc4ccccc4c(Cl)n3)CC2)cc1. The number of halogens is 1. The quantitative estimate of drug-likeness (QED) is 0.646. The van der Waals surface area contributed by atoms with Gasteiger partial charge in [0.2, 0.25) is 0 Å².